The highest BCUT2D eigenvalue weighted by Gasteiger charge is 2.25. The Kier molecular flexibility index (Phi) is 4.19. The molecule has 4 heteroatoms. The Morgan fingerprint density at radius 2 is 1.94 bits per heavy atom. The van der Waals surface area contributed by atoms with Gasteiger partial charge >= 0.3 is 0 Å². The van der Waals surface area contributed by atoms with Gasteiger partial charge in [-0.2, -0.15) is 0 Å². The predicted octanol–water partition coefficient (Wildman–Crippen LogP) is 0.209. The van der Waals surface area contributed by atoms with Gasteiger partial charge in [0.1, 0.15) is 0 Å². The fourth-order valence-corrected chi connectivity index (χ4v) is 2.39. The second-order valence-corrected chi connectivity index (χ2v) is 5.31. The highest BCUT2D eigenvalue weighted by Crippen LogP contribution is 2.18. The summed E-state index contributed by atoms with van der Waals surface area (Å²) in [7, 11) is 0. The van der Waals surface area contributed by atoms with Crippen molar-refractivity contribution in [3.05, 3.63) is 0 Å². The van der Waals surface area contributed by atoms with E-state index in [1.54, 1.807) is 0 Å². The molecule has 1 unspecified atom stereocenters. The van der Waals surface area contributed by atoms with Gasteiger partial charge < -0.3 is 15.2 Å². The maximum atomic E-state index is 9.91. The SMILES string of the molecule is C[C@@H]1CN(CC(O)CNC2CC2)C[C@H](C)O1. The first kappa shape index (κ1) is 12.3. The van der Waals surface area contributed by atoms with Crippen molar-refractivity contribution in [2.75, 3.05) is 26.2 Å². The van der Waals surface area contributed by atoms with E-state index in [2.05, 4.69) is 24.1 Å². The number of aliphatic hydroxyl groups excluding tert-OH is 1. The molecule has 16 heavy (non-hydrogen) atoms. The predicted molar refractivity (Wildman–Crippen MR) is 63.5 cm³/mol. The number of nitrogens with one attached hydrogen (secondary N) is 1. The van der Waals surface area contributed by atoms with E-state index in [0.29, 0.717) is 6.04 Å². The number of aliphatic hydroxyl groups is 1. The third-order valence-electron chi connectivity index (χ3n) is 3.18. The molecule has 1 saturated carbocycles. The van der Waals surface area contributed by atoms with Crippen molar-refractivity contribution in [1.82, 2.24) is 10.2 Å². The molecule has 4 nitrogen and oxygen atoms in total. The van der Waals surface area contributed by atoms with Gasteiger partial charge in [0.25, 0.3) is 0 Å². The zero-order valence-corrected chi connectivity index (χ0v) is 10.4. The summed E-state index contributed by atoms with van der Waals surface area (Å²) < 4.78 is 5.67. The van der Waals surface area contributed by atoms with Crippen molar-refractivity contribution < 1.29 is 9.84 Å². The summed E-state index contributed by atoms with van der Waals surface area (Å²) in [4.78, 5) is 2.30. The van der Waals surface area contributed by atoms with Crippen LogP contribution in [-0.2, 0) is 4.74 Å². The summed E-state index contributed by atoms with van der Waals surface area (Å²) in [6.45, 7) is 7.55. The van der Waals surface area contributed by atoms with Gasteiger partial charge in [-0.1, -0.05) is 0 Å². The van der Waals surface area contributed by atoms with Crippen LogP contribution in [0.2, 0.25) is 0 Å². The molecule has 0 radical (unpaired) electrons. The molecule has 0 aromatic rings. The van der Waals surface area contributed by atoms with Gasteiger partial charge in [0.15, 0.2) is 0 Å². The first-order valence-electron chi connectivity index (χ1n) is 6.42. The second kappa shape index (κ2) is 5.45. The van der Waals surface area contributed by atoms with E-state index in [0.717, 1.165) is 26.2 Å². The Morgan fingerprint density at radius 3 is 2.50 bits per heavy atom. The van der Waals surface area contributed by atoms with E-state index in [-0.39, 0.29) is 18.3 Å². The number of β-amino-alcohol motifs (C(OH)–C–C–N with tert-alkyl or cyclic N) is 1. The van der Waals surface area contributed by atoms with Crippen molar-refractivity contribution in [2.45, 2.75) is 51.0 Å². The molecule has 1 heterocycles. The van der Waals surface area contributed by atoms with E-state index in [9.17, 15) is 5.11 Å². The first-order valence-corrected chi connectivity index (χ1v) is 6.42. The summed E-state index contributed by atoms with van der Waals surface area (Å²) >= 11 is 0. The van der Waals surface area contributed by atoms with E-state index < -0.39 is 0 Å². The second-order valence-electron chi connectivity index (χ2n) is 5.31. The molecule has 2 rings (SSSR count). The molecule has 0 aromatic heterocycles. The van der Waals surface area contributed by atoms with Crippen molar-refractivity contribution in [1.29, 1.82) is 0 Å². The van der Waals surface area contributed by atoms with Crippen LogP contribution in [0.5, 0.6) is 0 Å². The molecular formula is C12H24N2O2. The number of rotatable bonds is 5. The normalized spacial score (nSPS) is 33.9. The van der Waals surface area contributed by atoms with Crippen LogP contribution < -0.4 is 5.32 Å². The van der Waals surface area contributed by atoms with Gasteiger partial charge in [-0.15, -0.1) is 0 Å². The van der Waals surface area contributed by atoms with Crippen LogP contribution in [-0.4, -0.2) is 60.5 Å². The standard InChI is InChI=1S/C12H24N2O2/c1-9-6-14(7-10(2)16-9)8-12(15)5-13-11-3-4-11/h9-13,15H,3-8H2,1-2H3/t9-,10+,12?. The Morgan fingerprint density at radius 1 is 1.31 bits per heavy atom. The molecule has 2 fully saturated rings. The van der Waals surface area contributed by atoms with Crippen molar-refractivity contribution in [3.63, 3.8) is 0 Å². The molecule has 1 aliphatic heterocycles. The molecule has 1 aliphatic carbocycles. The zero-order chi connectivity index (χ0) is 11.5. The van der Waals surface area contributed by atoms with Crippen LogP contribution in [0.15, 0.2) is 0 Å². The Balaban J connectivity index is 1.66. The maximum absolute atomic E-state index is 9.91. The average molecular weight is 228 g/mol. The fourth-order valence-electron chi connectivity index (χ4n) is 2.39. The summed E-state index contributed by atoms with van der Waals surface area (Å²) in [5, 5.41) is 13.3. The van der Waals surface area contributed by atoms with Crippen LogP contribution in [0.25, 0.3) is 0 Å². The minimum atomic E-state index is -0.252. The van der Waals surface area contributed by atoms with Crippen LogP contribution in [0.1, 0.15) is 26.7 Å². The molecule has 0 amide bonds. The average Bonchev–Trinajstić information content (AvgIpc) is 2.96. The number of nitrogens with zero attached hydrogens (tertiary/aromatic N) is 1. The number of hydrogen-bond acceptors (Lipinski definition) is 4. The number of hydrogen-bond donors (Lipinski definition) is 2. The Bertz CT molecular complexity index is 211. The smallest absolute Gasteiger partial charge is 0.0791 e. The van der Waals surface area contributed by atoms with Crippen LogP contribution in [0.3, 0.4) is 0 Å². The summed E-state index contributed by atoms with van der Waals surface area (Å²) in [6, 6.07) is 0.678. The molecule has 2 aliphatic rings. The lowest BCUT2D eigenvalue weighted by atomic mass is 10.2. The van der Waals surface area contributed by atoms with Crippen molar-refractivity contribution in [3.8, 4) is 0 Å². The van der Waals surface area contributed by atoms with Gasteiger partial charge in [0, 0.05) is 32.2 Å². The molecule has 3 atom stereocenters. The molecule has 0 aromatic carbocycles. The number of morpholine rings is 1. The third kappa shape index (κ3) is 4.01. The lowest BCUT2D eigenvalue weighted by Crippen LogP contribution is -2.49. The van der Waals surface area contributed by atoms with Crippen molar-refractivity contribution in [2.24, 2.45) is 0 Å². The van der Waals surface area contributed by atoms with Crippen LogP contribution in [0.4, 0.5) is 0 Å². The third-order valence-corrected chi connectivity index (χ3v) is 3.18. The zero-order valence-electron chi connectivity index (χ0n) is 10.4. The lowest BCUT2D eigenvalue weighted by Gasteiger charge is -2.36. The largest absolute Gasteiger partial charge is 0.390 e. The minimum absolute atomic E-state index is 0.252. The maximum Gasteiger partial charge on any atom is 0.0791 e. The summed E-state index contributed by atoms with van der Waals surface area (Å²) in [5.41, 5.74) is 0. The molecule has 94 valence electrons. The highest BCUT2D eigenvalue weighted by atomic mass is 16.5. The molecular weight excluding hydrogens is 204 g/mol. The topological polar surface area (TPSA) is 44.7 Å². The summed E-state index contributed by atoms with van der Waals surface area (Å²) in [5.74, 6) is 0. The lowest BCUT2D eigenvalue weighted by molar-refractivity contribution is -0.0762. The van der Waals surface area contributed by atoms with Crippen LogP contribution in [0, 0.1) is 0 Å². The molecule has 2 N–H and O–H groups in total. The van der Waals surface area contributed by atoms with Gasteiger partial charge in [0.05, 0.1) is 18.3 Å². The minimum Gasteiger partial charge on any atom is -0.390 e. The van der Waals surface area contributed by atoms with Gasteiger partial charge in [-0.3, -0.25) is 4.90 Å². The Labute approximate surface area is 98.0 Å². The Hall–Kier alpha value is -0.160. The van der Waals surface area contributed by atoms with Gasteiger partial charge in [-0.25, -0.2) is 0 Å². The van der Waals surface area contributed by atoms with E-state index in [1.165, 1.54) is 12.8 Å². The highest BCUT2D eigenvalue weighted by molar-refractivity contribution is 4.83. The monoisotopic (exact) mass is 228 g/mol. The summed E-state index contributed by atoms with van der Waals surface area (Å²) in [6.07, 6.45) is 2.87. The van der Waals surface area contributed by atoms with Crippen LogP contribution >= 0.6 is 0 Å². The van der Waals surface area contributed by atoms with Crippen molar-refractivity contribution >= 4 is 0 Å². The van der Waals surface area contributed by atoms with Gasteiger partial charge in [0.2, 0.25) is 0 Å². The quantitative estimate of drug-likeness (QED) is 0.706. The fraction of sp³-hybridized carbons (Fsp3) is 1.00. The van der Waals surface area contributed by atoms with E-state index >= 15 is 0 Å². The molecule has 0 bridgehead atoms. The van der Waals surface area contributed by atoms with Gasteiger partial charge in [-0.05, 0) is 26.7 Å². The molecule has 0 spiro atoms. The number of ether oxygens (including phenoxy) is 1. The molecule has 1 saturated heterocycles. The van der Waals surface area contributed by atoms with E-state index in [4.69, 9.17) is 4.74 Å². The van der Waals surface area contributed by atoms with E-state index in [1.807, 2.05) is 0 Å². The first-order chi connectivity index (χ1) is 7.63.